The van der Waals surface area contributed by atoms with Crippen LogP contribution in [0.3, 0.4) is 0 Å². The summed E-state index contributed by atoms with van der Waals surface area (Å²) in [6, 6.07) is 15.4. The fraction of sp³-hybridized carbons (Fsp3) is 0.0556. The Balaban J connectivity index is 2.09. The normalized spacial score (nSPS) is 10.2. The van der Waals surface area contributed by atoms with Gasteiger partial charge in [0.15, 0.2) is 5.78 Å². The van der Waals surface area contributed by atoms with Crippen molar-refractivity contribution in [2.75, 3.05) is 7.05 Å². The first-order valence-electron chi connectivity index (χ1n) is 6.69. The largest absolute Gasteiger partial charge is 0.355 e. The Morgan fingerprint density at radius 2 is 1.59 bits per heavy atom. The number of rotatable bonds is 4. The van der Waals surface area contributed by atoms with E-state index in [2.05, 4.69) is 5.32 Å². The number of nitrogens with zero attached hydrogens (tertiary/aromatic N) is 1. The van der Waals surface area contributed by atoms with E-state index in [0.29, 0.717) is 16.7 Å². The Kier molecular flexibility index (Phi) is 4.84. The van der Waals surface area contributed by atoms with Gasteiger partial charge in [-0.1, -0.05) is 18.2 Å². The van der Waals surface area contributed by atoms with E-state index in [1.807, 2.05) is 6.07 Å². The van der Waals surface area contributed by atoms with E-state index in [9.17, 15) is 9.59 Å². The Morgan fingerprint density at radius 3 is 2.14 bits per heavy atom. The number of amides is 1. The molecule has 0 unspecified atom stereocenters. The maximum Gasteiger partial charge on any atom is 0.251 e. The molecule has 0 saturated heterocycles. The second kappa shape index (κ2) is 7.00. The number of hydrogen-bond acceptors (Lipinski definition) is 3. The molecule has 0 saturated carbocycles. The molecule has 0 heterocycles. The fourth-order valence-electron chi connectivity index (χ4n) is 1.87. The third-order valence-corrected chi connectivity index (χ3v) is 3.13. The summed E-state index contributed by atoms with van der Waals surface area (Å²) in [5.74, 6) is -0.288. The van der Waals surface area contributed by atoms with Gasteiger partial charge in [0.05, 0.1) is 11.6 Å². The molecule has 0 fully saturated rings. The molecular formula is C18H14N2O2. The first kappa shape index (κ1) is 15.2. The molecule has 4 nitrogen and oxygen atoms in total. The Labute approximate surface area is 128 Å². The van der Waals surface area contributed by atoms with E-state index in [4.69, 9.17) is 5.26 Å². The lowest BCUT2D eigenvalue weighted by Gasteiger charge is -2.00. The molecule has 0 spiro atoms. The van der Waals surface area contributed by atoms with Gasteiger partial charge in [0.25, 0.3) is 5.91 Å². The monoisotopic (exact) mass is 290 g/mol. The molecule has 0 aliphatic carbocycles. The molecule has 0 bridgehead atoms. The standard InChI is InChI=1S/C18H14N2O2/c1-20-18(22)16-9-2-13(3-10-16)6-11-17(21)15-7-4-14(12-19)5-8-15/h2-11H,1H3,(H,20,22). The SMILES string of the molecule is CNC(=O)c1ccc(C=CC(=O)c2ccc(C#N)cc2)cc1. The minimum Gasteiger partial charge on any atom is -0.355 e. The molecule has 22 heavy (non-hydrogen) atoms. The second-order valence-corrected chi connectivity index (χ2v) is 4.59. The maximum atomic E-state index is 12.0. The summed E-state index contributed by atoms with van der Waals surface area (Å²) < 4.78 is 0. The molecule has 2 rings (SSSR count). The van der Waals surface area contributed by atoms with Gasteiger partial charge < -0.3 is 5.32 Å². The smallest absolute Gasteiger partial charge is 0.251 e. The van der Waals surface area contributed by atoms with Gasteiger partial charge in [-0.25, -0.2) is 0 Å². The lowest BCUT2D eigenvalue weighted by molar-refractivity contribution is 0.0962. The number of carbonyl (C=O) groups is 2. The Morgan fingerprint density at radius 1 is 1.00 bits per heavy atom. The summed E-state index contributed by atoms with van der Waals surface area (Å²) in [6.45, 7) is 0. The fourth-order valence-corrected chi connectivity index (χ4v) is 1.87. The molecule has 2 aromatic rings. The number of allylic oxidation sites excluding steroid dienone is 1. The van der Waals surface area contributed by atoms with E-state index in [-0.39, 0.29) is 11.7 Å². The highest BCUT2D eigenvalue weighted by atomic mass is 16.1. The van der Waals surface area contributed by atoms with E-state index in [0.717, 1.165) is 5.56 Å². The predicted molar refractivity (Wildman–Crippen MR) is 84.4 cm³/mol. The van der Waals surface area contributed by atoms with Crippen LogP contribution in [-0.4, -0.2) is 18.7 Å². The number of ketones is 1. The van der Waals surface area contributed by atoms with Crippen LogP contribution >= 0.6 is 0 Å². The molecule has 4 heteroatoms. The maximum absolute atomic E-state index is 12.0. The molecule has 2 aromatic carbocycles. The van der Waals surface area contributed by atoms with Crippen LogP contribution in [0.5, 0.6) is 0 Å². The van der Waals surface area contributed by atoms with Gasteiger partial charge in [-0.2, -0.15) is 5.26 Å². The third-order valence-electron chi connectivity index (χ3n) is 3.13. The molecule has 0 radical (unpaired) electrons. The van der Waals surface area contributed by atoms with E-state index in [1.165, 1.54) is 6.08 Å². The van der Waals surface area contributed by atoms with Crippen molar-refractivity contribution in [3.8, 4) is 6.07 Å². The van der Waals surface area contributed by atoms with Crippen molar-refractivity contribution in [3.63, 3.8) is 0 Å². The van der Waals surface area contributed by atoms with Crippen LogP contribution in [0.2, 0.25) is 0 Å². The highest BCUT2D eigenvalue weighted by Crippen LogP contribution is 2.09. The topological polar surface area (TPSA) is 70.0 Å². The average molecular weight is 290 g/mol. The minimum absolute atomic E-state index is 0.139. The molecule has 0 aliphatic rings. The van der Waals surface area contributed by atoms with Crippen molar-refractivity contribution < 1.29 is 9.59 Å². The highest BCUT2D eigenvalue weighted by molar-refractivity contribution is 6.06. The average Bonchev–Trinajstić information content (AvgIpc) is 2.59. The van der Waals surface area contributed by atoms with Crippen LogP contribution in [0.1, 0.15) is 31.8 Å². The van der Waals surface area contributed by atoms with Crippen LogP contribution in [0.25, 0.3) is 6.08 Å². The summed E-state index contributed by atoms with van der Waals surface area (Å²) in [6.07, 6.45) is 3.16. The Bertz CT molecular complexity index is 751. The quantitative estimate of drug-likeness (QED) is 0.695. The van der Waals surface area contributed by atoms with Gasteiger partial charge in [-0.05, 0) is 48.0 Å². The highest BCUT2D eigenvalue weighted by Gasteiger charge is 2.03. The minimum atomic E-state index is -0.149. The number of benzene rings is 2. The summed E-state index contributed by atoms with van der Waals surface area (Å²) in [5.41, 5.74) is 2.44. The first-order valence-corrected chi connectivity index (χ1v) is 6.69. The summed E-state index contributed by atoms with van der Waals surface area (Å²) in [7, 11) is 1.58. The molecule has 0 aliphatic heterocycles. The van der Waals surface area contributed by atoms with Crippen LogP contribution in [0.4, 0.5) is 0 Å². The van der Waals surface area contributed by atoms with Crippen LogP contribution in [0.15, 0.2) is 54.6 Å². The van der Waals surface area contributed by atoms with Crippen molar-refractivity contribution in [1.29, 1.82) is 5.26 Å². The predicted octanol–water partition coefficient (Wildman–Crippen LogP) is 2.81. The lowest BCUT2D eigenvalue weighted by atomic mass is 10.1. The third kappa shape index (κ3) is 3.68. The summed E-state index contributed by atoms with van der Waals surface area (Å²) >= 11 is 0. The summed E-state index contributed by atoms with van der Waals surface area (Å²) in [5, 5.41) is 11.3. The molecule has 0 aromatic heterocycles. The molecule has 1 amide bonds. The molecule has 1 N–H and O–H groups in total. The number of nitriles is 1. The number of carbonyl (C=O) groups excluding carboxylic acids is 2. The van der Waals surface area contributed by atoms with Gasteiger partial charge in [0, 0.05) is 18.2 Å². The van der Waals surface area contributed by atoms with Gasteiger partial charge in [0.1, 0.15) is 0 Å². The Hall–Kier alpha value is -3.19. The van der Waals surface area contributed by atoms with Crippen molar-refractivity contribution in [2.45, 2.75) is 0 Å². The summed E-state index contributed by atoms with van der Waals surface area (Å²) in [4.78, 5) is 23.4. The van der Waals surface area contributed by atoms with E-state index in [1.54, 1.807) is 61.7 Å². The van der Waals surface area contributed by atoms with E-state index >= 15 is 0 Å². The second-order valence-electron chi connectivity index (χ2n) is 4.59. The number of hydrogen-bond donors (Lipinski definition) is 1. The van der Waals surface area contributed by atoms with Gasteiger partial charge in [-0.3, -0.25) is 9.59 Å². The van der Waals surface area contributed by atoms with Crippen molar-refractivity contribution >= 4 is 17.8 Å². The zero-order valence-corrected chi connectivity index (χ0v) is 12.0. The molecule has 108 valence electrons. The molecular weight excluding hydrogens is 276 g/mol. The van der Waals surface area contributed by atoms with E-state index < -0.39 is 0 Å². The van der Waals surface area contributed by atoms with Crippen LogP contribution in [-0.2, 0) is 0 Å². The zero-order valence-electron chi connectivity index (χ0n) is 12.0. The first-order chi connectivity index (χ1) is 10.6. The van der Waals surface area contributed by atoms with Gasteiger partial charge in [0.2, 0.25) is 0 Å². The molecule has 0 atom stereocenters. The van der Waals surface area contributed by atoms with Crippen molar-refractivity contribution in [1.82, 2.24) is 5.32 Å². The lowest BCUT2D eigenvalue weighted by Crippen LogP contribution is -2.17. The van der Waals surface area contributed by atoms with Gasteiger partial charge in [-0.15, -0.1) is 0 Å². The van der Waals surface area contributed by atoms with Crippen LogP contribution in [0, 0.1) is 11.3 Å². The van der Waals surface area contributed by atoms with Crippen molar-refractivity contribution in [2.24, 2.45) is 0 Å². The van der Waals surface area contributed by atoms with Crippen molar-refractivity contribution in [3.05, 3.63) is 76.9 Å². The zero-order chi connectivity index (χ0) is 15.9. The number of nitrogens with one attached hydrogen (secondary N) is 1. The van der Waals surface area contributed by atoms with Gasteiger partial charge >= 0.3 is 0 Å². The van der Waals surface area contributed by atoms with Crippen LogP contribution < -0.4 is 5.32 Å².